The van der Waals surface area contributed by atoms with Crippen LogP contribution in [0.15, 0.2) is 0 Å². The molecule has 0 bridgehead atoms. The van der Waals surface area contributed by atoms with Crippen molar-refractivity contribution in [1.29, 1.82) is 0 Å². The molecule has 106 valence electrons. The van der Waals surface area contributed by atoms with Crippen molar-refractivity contribution >= 4 is 5.97 Å². The van der Waals surface area contributed by atoms with Crippen LogP contribution in [-0.4, -0.2) is 23.2 Å². The highest BCUT2D eigenvalue weighted by atomic mass is 16.4. The van der Waals surface area contributed by atoms with Gasteiger partial charge in [-0.2, -0.15) is 0 Å². The average Bonchev–Trinajstić information content (AvgIpc) is 2.73. The van der Waals surface area contributed by atoms with Gasteiger partial charge < -0.3 is 10.4 Å². The van der Waals surface area contributed by atoms with Crippen LogP contribution in [0.4, 0.5) is 0 Å². The van der Waals surface area contributed by atoms with Crippen LogP contribution >= 0.6 is 0 Å². The second-order valence-corrected chi connectivity index (χ2v) is 6.19. The van der Waals surface area contributed by atoms with Crippen molar-refractivity contribution in [2.75, 3.05) is 0 Å². The summed E-state index contributed by atoms with van der Waals surface area (Å²) in [5.41, 5.74) is 0. The van der Waals surface area contributed by atoms with E-state index in [1.807, 2.05) is 6.92 Å². The van der Waals surface area contributed by atoms with Gasteiger partial charge in [0.1, 0.15) is 6.04 Å². The fraction of sp³-hybridized carbons (Fsp3) is 0.933. The molecule has 0 spiro atoms. The van der Waals surface area contributed by atoms with E-state index < -0.39 is 5.97 Å². The molecular formula is C15H29NO2. The number of carbonyl (C=O) groups is 1. The molecule has 1 fully saturated rings. The number of hydrogen-bond donors (Lipinski definition) is 2. The first-order valence-electron chi connectivity index (χ1n) is 7.51. The number of nitrogens with one attached hydrogen (secondary N) is 1. The first kappa shape index (κ1) is 15.5. The zero-order valence-electron chi connectivity index (χ0n) is 12.1. The van der Waals surface area contributed by atoms with Crippen LogP contribution in [0, 0.1) is 11.8 Å². The molecule has 0 saturated heterocycles. The molecule has 1 aliphatic rings. The van der Waals surface area contributed by atoms with E-state index in [4.69, 9.17) is 5.11 Å². The topological polar surface area (TPSA) is 49.3 Å². The Morgan fingerprint density at radius 3 is 2.61 bits per heavy atom. The lowest BCUT2D eigenvalue weighted by Gasteiger charge is -2.19. The molecule has 0 radical (unpaired) electrons. The van der Waals surface area contributed by atoms with Gasteiger partial charge in [0.25, 0.3) is 0 Å². The second kappa shape index (κ2) is 7.78. The van der Waals surface area contributed by atoms with Crippen molar-refractivity contribution in [3.63, 3.8) is 0 Å². The van der Waals surface area contributed by atoms with E-state index in [2.05, 4.69) is 19.2 Å². The van der Waals surface area contributed by atoms with Gasteiger partial charge in [-0.1, -0.05) is 40.0 Å². The van der Waals surface area contributed by atoms with Gasteiger partial charge >= 0.3 is 5.97 Å². The lowest BCUT2D eigenvalue weighted by atomic mass is 9.96. The van der Waals surface area contributed by atoms with Gasteiger partial charge in [-0.15, -0.1) is 0 Å². The van der Waals surface area contributed by atoms with Gasteiger partial charge in [0.2, 0.25) is 0 Å². The third-order valence-electron chi connectivity index (χ3n) is 4.01. The monoisotopic (exact) mass is 255 g/mol. The molecule has 1 rings (SSSR count). The highest BCUT2D eigenvalue weighted by Crippen LogP contribution is 2.30. The highest BCUT2D eigenvalue weighted by Gasteiger charge is 2.28. The van der Waals surface area contributed by atoms with E-state index >= 15 is 0 Å². The Kier molecular flexibility index (Phi) is 6.69. The summed E-state index contributed by atoms with van der Waals surface area (Å²) >= 11 is 0. The molecule has 18 heavy (non-hydrogen) atoms. The van der Waals surface area contributed by atoms with Crippen molar-refractivity contribution in [3.8, 4) is 0 Å². The molecule has 0 heterocycles. The molecule has 1 saturated carbocycles. The first-order valence-corrected chi connectivity index (χ1v) is 7.51. The predicted octanol–water partition coefficient (Wildman–Crippen LogP) is 3.43. The minimum absolute atomic E-state index is 0.344. The Labute approximate surface area is 111 Å². The van der Waals surface area contributed by atoms with E-state index in [1.165, 1.54) is 25.7 Å². The summed E-state index contributed by atoms with van der Waals surface area (Å²) in [5, 5.41) is 12.5. The van der Waals surface area contributed by atoms with Gasteiger partial charge in [0.05, 0.1) is 0 Å². The minimum atomic E-state index is -0.692. The summed E-state index contributed by atoms with van der Waals surface area (Å²) in [7, 11) is 0. The quantitative estimate of drug-likeness (QED) is 0.698. The lowest BCUT2D eigenvalue weighted by molar-refractivity contribution is -0.139. The fourth-order valence-electron chi connectivity index (χ4n) is 2.91. The van der Waals surface area contributed by atoms with E-state index in [1.54, 1.807) is 0 Å². The summed E-state index contributed by atoms with van der Waals surface area (Å²) in [6.45, 7) is 6.58. The Bertz CT molecular complexity index is 253. The van der Waals surface area contributed by atoms with Crippen molar-refractivity contribution in [1.82, 2.24) is 5.32 Å². The molecule has 0 aromatic heterocycles. The summed E-state index contributed by atoms with van der Waals surface area (Å²) in [6, 6.07) is 0.0821. The second-order valence-electron chi connectivity index (χ2n) is 6.19. The SMILES string of the molecule is CCCC(NC1CCC(CCC(C)C)C1)C(=O)O. The molecule has 0 amide bonds. The minimum Gasteiger partial charge on any atom is -0.480 e. The maximum atomic E-state index is 11.1. The summed E-state index contributed by atoms with van der Waals surface area (Å²) in [4.78, 5) is 11.1. The highest BCUT2D eigenvalue weighted by molar-refractivity contribution is 5.73. The first-order chi connectivity index (χ1) is 8.52. The largest absolute Gasteiger partial charge is 0.480 e. The van der Waals surface area contributed by atoms with Crippen LogP contribution < -0.4 is 5.32 Å². The molecule has 3 nitrogen and oxygen atoms in total. The van der Waals surface area contributed by atoms with Crippen LogP contribution in [0.3, 0.4) is 0 Å². The zero-order chi connectivity index (χ0) is 13.5. The fourth-order valence-corrected chi connectivity index (χ4v) is 2.91. The average molecular weight is 255 g/mol. The van der Waals surface area contributed by atoms with E-state index in [-0.39, 0.29) is 6.04 Å². The number of hydrogen-bond acceptors (Lipinski definition) is 2. The standard InChI is InChI=1S/C15H29NO2/c1-4-5-14(15(17)18)16-13-9-8-12(10-13)7-6-11(2)3/h11-14,16H,4-10H2,1-3H3,(H,17,18). The van der Waals surface area contributed by atoms with Gasteiger partial charge in [-0.25, -0.2) is 0 Å². The maximum absolute atomic E-state index is 11.1. The van der Waals surface area contributed by atoms with Crippen LogP contribution in [-0.2, 0) is 4.79 Å². The smallest absolute Gasteiger partial charge is 0.320 e. The van der Waals surface area contributed by atoms with Crippen LogP contribution in [0.5, 0.6) is 0 Å². The molecule has 3 atom stereocenters. The number of aliphatic carboxylic acids is 1. The van der Waals surface area contributed by atoms with Crippen molar-refractivity contribution in [2.24, 2.45) is 11.8 Å². The molecule has 0 aromatic rings. The summed E-state index contributed by atoms with van der Waals surface area (Å²) in [5.74, 6) is 0.896. The number of carboxylic acid groups (broad SMARTS) is 1. The van der Waals surface area contributed by atoms with Gasteiger partial charge in [-0.3, -0.25) is 4.79 Å². The molecule has 0 aromatic carbocycles. The lowest BCUT2D eigenvalue weighted by Crippen LogP contribution is -2.42. The Hall–Kier alpha value is -0.570. The molecule has 0 aliphatic heterocycles. The normalized spacial score (nSPS) is 25.6. The molecule has 2 N–H and O–H groups in total. The van der Waals surface area contributed by atoms with Crippen molar-refractivity contribution < 1.29 is 9.90 Å². The summed E-state index contributed by atoms with van der Waals surface area (Å²) in [6.07, 6.45) is 7.85. The van der Waals surface area contributed by atoms with E-state index in [9.17, 15) is 4.79 Å². The molecule has 3 unspecified atom stereocenters. The third-order valence-corrected chi connectivity index (χ3v) is 4.01. The molecular weight excluding hydrogens is 226 g/mol. The van der Waals surface area contributed by atoms with Crippen LogP contribution in [0.2, 0.25) is 0 Å². The van der Waals surface area contributed by atoms with Gasteiger partial charge in [-0.05, 0) is 37.5 Å². The maximum Gasteiger partial charge on any atom is 0.320 e. The zero-order valence-corrected chi connectivity index (χ0v) is 12.1. The van der Waals surface area contributed by atoms with E-state index in [0.29, 0.717) is 6.04 Å². The Morgan fingerprint density at radius 1 is 1.33 bits per heavy atom. The number of rotatable bonds is 8. The van der Waals surface area contributed by atoms with Crippen LogP contribution in [0.25, 0.3) is 0 Å². The van der Waals surface area contributed by atoms with Gasteiger partial charge in [0, 0.05) is 6.04 Å². The number of carboxylic acids is 1. The molecule has 3 heteroatoms. The van der Waals surface area contributed by atoms with E-state index in [0.717, 1.165) is 31.1 Å². The van der Waals surface area contributed by atoms with Crippen molar-refractivity contribution in [2.45, 2.75) is 77.8 Å². The predicted molar refractivity (Wildman–Crippen MR) is 74.7 cm³/mol. The Balaban J connectivity index is 2.30. The third kappa shape index (κ3) is 5.38. The van der Waals surface area contributed by atoms with Crippen molar-refractivity contribution in [3.05, 3.63) is 0 Å². The summed E-state index contributed by atoms with van der Waals surface area (Å²) < 4.78 is 0. The van der Waals surface area contributed by atoms with Crippen LogP contribution in [0.1, 0.15) is 65.7 Å². The molecule has 1 aliphatic carbocycles. The Morgan fingerprint density at radius 2 is 2.06 bits per heavy atom. The van der Waals surface area contributed by atoms with Gasteiger partial charge in [0.15, 0.2) is 0 Å².